The number of aromatic nitrogens is 1. The average Bonchev–Trinajstić information content (AvgIpc) is 3.13. The zero-order valence-electron chi connectivity index (χ0n) is 12.3. The van der Waals surface area contributed by atoms with E-state index in [-0.39, 0.29) is 22.2 Å². The Labute approximate surface area is 150 Å². The molecule has 0 bridgehead atoms. The number of aliphatic carboxylic acids is 1. The number of benzene rings is 1. The number of carbonyl (C=O) groups is 2. The lowest BCUT2D eigenvalue weighted by Gasteiger charge is -2.47. The first-order chi connectivity index (χ1) is 11.6. The molecule has 4 rings (SSSR count). The van der Waals surface area contributed by atoms with Crippen molar-refractivity contribution in [2.75, 3.05) is 5.75 Å². The summed E-state index contributed by atoms with van der Waals surface area (Å²) in [5.74, 6) is -0.546. The van der Waals surface area contributed by atoms with Gasteiger partial charge in [-0.2, -0.15) is 0 Å². The Kier molecular flexibility index (Phi) is 4.11. The van der Waals surface area contributed by atoms with E-state index in [0.29, 0.717) is 5.75 Å². The second-order valence-corrected chi connectivity index (χ2v) is 8.49. The van der Waals surface area contributed by atoms with Crippen LogP contribution < -0.4 is 0 Å². The molecule has 122 valence electrons. The summed E-state index contributed by atoms with van der Waals surface area (Å²) >= 11 is 4.68. The van der Waals surface area contributed by atoms with Gasteiger partial charge >= 0.3 is 5.97 Å². The number of thioether (sulfide) groups is 2. The molecule has 0 aliphatic carbocycles. The molecule has 1 aromatic heterocycles. The van der Waals surface area contributed by atoms with Gasteiger partial charge in [0.2, 0.25) is 5.91 Å². The van der Waals surface area contributed by atoms with Crippen LogP contribution in [0.4, 0.5) is 0 Å². The number of amides is 1. The molecule has 1 amide bonds. The lowest BCUT2D eigenvalue weighted by atomic mass is 10.1. The fraction of sp³-hybridized carbons (Fsp3) is 0.188. The molecule has 1 N–H and O–H groups in total. The van der Waals surface area contributed by atoms with Crippen molar-refractivity contribution in [3.63, 3.8) is 0 Å². The van der Waals surface area contributed by atoms with E-state index in [9.17, 15) is 14.7 Å². The predicted molar refractivity (Wildman–Crippen MR) is 96.0 cm³/mol. The van der Waals surface area contributed by atoms with Crippen LogP contribution in [0.25, 0.3) is 10.6 Å². The Bertz CT molecular complexity index is 818. The van der Waals surface area contributed by atoms with Crippen LogP contribution in [0, 0.1) is 0 Å². The molecule has 2 atom stereocenters. The summed E-state index contributed by atoms with van der Waals surface area (Å²) in [5, 5.41) is 11.8. The monoisotopic (exact) mass is 376 g/mol. The lowest BCUT2D eigenvalue weighted by molar-refractivity contribution is -0.145. The first-order valence-corrected chi connectivity index (χ1v) is 10.0. The lowest BCUT2D eigenvalue weighted by Crippen LogP contribution is -2.62. The largest absolute Gasteiger partial charge is 0.477 e. The molecule has 24 heavy (non-hydrogen) atoms. The number of carboxylic acids is 1. The van der Waals surface area contributed by atoms with Gasteiger partial charge in [0.1, 0.15) is 21.3 Å². The van der Waals surface area contributed by atoms with E-state index in [1.165, 1.54) is 16.7 Å². The smallest absolute Gasteiger partial charge is 0.352 e. The summed E-state index contributed by atoms with van der Waals surface area (Å²) < 4.78 is 0. The molecule has 2 aromatic rings. The van der Waals surface area contributed by atoms with Gasteiger partial charge in [-0.15, -0.1) is 34.9 Å². The summed E-state index contributed by atoms with van der Waals surface area (Å²) in [5.41, 5.74) is 1.17. The third-order valence-corrected chi connectivity index (χ3v) is 7.25. The van der Waals surface area contributed by atoms with Gasteiger partial charge in [-0.05, 0) is 18.2 Å². The zero-order valence-corrected chi connectivity index (χ0v) is 14.7. The second kappa shape index (κ2) is 6.27. The van der Waals surface area contributed by atoms with Gasteiger partial charge in [-0.25, -0.2) is 9.78 Å². The van der Waals surface area contributed by atoms with Crippen LogP contribution in [0.3, 0.4) is 0 Å². The van der Waals surface area contributed by atoms with Crippen molar-refractivity contribution in [2.45, 2.75) is 15.5 Å². The minimum Gasteiger partial charge on any atom is -0.477 e. The number of β-lactam (4-membered cyclic amide) rings is 1. The van der Waals surface area contributed by atoms with Gasteiger partial charge < -0.3 is 5.11 Å². The maximum atomic E-state index is 12.3. The van der Waals surface area contributed by atoms with Crippen LogP contribution in [-0.4, -0.2) is 43.2 Å². The van der Waals surface area contributed by atoms with Gasteiger partial charge in [0.05, 0.1) is 0 Å². The Morgan fingerprint density at radius 2 is 2.12 bits per heavy atom. The zero-order chi connectivity index (χ0) is 16.7. The third-order valence-electron chi connectivity index (χ3n) is 3.81. The number of carboxylic acid groups (broad SMARTS) is 1. The number of fused-ring (bicyclic) bond motifs is 1. The topological polar surface area (TPSA) is 70.5 Å². The van der Waals surface area contributed by atoms with Gasteiger partial charge in [-0.1, -0.05) is 12.1 Å². The standard InChI is InChI=1S/C16H12N2O3S3/c19-14-12(15-18(14)11(16(20)21)5-7-23-15)24-10-3-1-9(2-4-10)13-17-6-8-22-13/h1-6,8,12,15H,7H2,(H,20,21)/t12?,15-/m0/s1. The summed E-state index contributed by atoms with van der Waals surface area (Å²) in [6.07, 6.45) is 3.38. The molecule has 2 aliphatic heterocycles. The molecule has 5 nitrogen and oxygen atoms in total. The van der Waals surface area contributed by atoms with Gasteiger partial charge in [0, 0.05) is 27.8 Å². The molecule has 1 saturated heterocycles. The molecule has 8 heteroatoms. The van der Waals surface area contributed by atoms with Crippen LogP contribution in [0.5, 0.6) is 0 Å². The van der Waals surface area contributed by atoms with Gasteiger partial charge in [0.15, 0.2) is 0 Å². The molecule has 1 unspecified atom stereocenters. The van der Waals surface area contributed by atoms with E-state index in [1.807, 2.05) is 29.6 Å². The Morgan fingerprint density at radius 3 is 2.79 bits per heavy atom. The Hall–Kier alpha value is -1.77. The third kappa shape index (κ3) is 2.64. The first kappa shape index (κ1) is 15.7. The van der Waals surface area contributed by atoms with Gasteiger partial charge in [0.25, 0.3) is 0 Å². The summed E-state index contributed by atoms with van der Waals surface area (Å²) in [6.45, 7) is 0. The van der Waals surface area contributed by atoms with Crippen LogP contribution in [0.1, 0.15) is 0 Å². The molecular formula is C16H12N2O3S3. The Balaban J connectivity index is 1.48. The fourth-order valence-electron chi connectivity index (χ4n) is 2.67. The SMILES string of the molecule is O=C(O)C1=CCS[C@H]2C(Sc3ccc(-c4nccs4)cc3)C(=O)N12. The van der Waals surface area contributed by atoms with Crippen molar-refractivity contribution >= 4 is 46.7 Å². The number of hydrogen-bond acceptors (Lipinski definition) is 6. The molecule has 0 radical (unpaired) electrons. The first-order valence-electron chi connectivity index (χ1n) is 7.20. The highest BCUT2D eigenvalue weighted by Crippen LogP contribution is 2.45. The van der Waals surface area contributed by atoms with Crippen molar-refractivity contribution in [3.05, 3.63) is 47.6 Å². The van der Waals surface area contributed by atoms with Crippen LogP contribution in [0.2, 0.25) is 0 Å². The highest BCUT2D eigenvalue weighted by Gasteiger charge is 2.52. The van der Waals surface area contributed by atoms with E-state index < -0.39 is 5.97 Å². The van der Waals surface area contributed by atoms with E-state index in [0.717, 1.165) is 15.5 Å². The van der Waals surface area contributed by atoms with Crippen LogP contribution >= 0.6 is 34.9 Å². The molecule has 2 aliphatic rings. The van der Waals surface area contributed by atoms with Crippen molar-refractivity contribution < 1.29 is 14.7 Å². The maximum Gasteiger partial charge on any atom is 0.352 e. The molecule has 1 fully saturated rings. The fourth-order valence-corrected chi connectivity index (χ4v) is 5.86. The average molecular weight is 376 g/mol. The van der Waals surface area contributed by atoms with Gasteiger partial charge in [-0.3, -0.25) is 9.69 Å². The molecule has 1 aromatic carbocycles. The minimum absolute atomic E-state index is 0.0998. The van der Waals surface area contributed by atoms with Crippen molar-refractivity contribution in [2.24, 2.45) is 0 Å². The Morgan fingerprint density at radius 1 is 1.33 bits per heavy atom. The summed E-state index contributed by atoms with van der Waals surface area (Å²) in [6, 6.07) is 7.97. The maximum absolute atomic E-state index is 12.3. The summed E-state index contributed by atoms with van der Waals surface area (Å²) in [4.78, 5) is 30.3. The van der Waals surface area contributed by atoms with E-state index in [2.05, 4.69) is 4.98 Å². The number of rotatable bonds is 4. The molecule has 0 spiro atoms. The molecule has 3 heterocycles. The normalized spacial score (nSPS) is 22.6. The predicted octanol–water partition coefficient (Wildman–Crippen LogP) is 3.15. The van der Waals surface area contributed by atoms with E-state index >= 15 is 0 Å². The van der Waals surface area contributed by atoms with E-state index in [4.69, 9.17) is 0 Å². The minimum atomic E-state index is -1.04. The molecule has 0 saturated carbocycles. The van der Waals surface area contributed by atoms with Crippen molar-refractivity contribution in [1.29, 1.82) is 0 Å². The van der Waals surface area contributed by atoms with Crippen molar-refractivity contribution in [1.82, 2.24) is 9.88 Å². The highest BCUT2D eigenvalue weighted by molar-refractivity contribution is 8.04. The summed E-state index contributed by atoms with van der Waals surface area (Å²) in [7, 11) is 0. The van der Waals surface area contributed by atoms with Crippen molar-refractivity contribution in [3.8, 4) is 10.6 Å². The number of carbonyl (C=O) groups excluding carboxylic acids is 1. The van der Waals surface area contributed by atoms with Crippen LogP contribution in [-0.2, 0) is 9.59 Å². The number of hydrogen-bond donors (Lipinski definition) is 1. The van der Waals surface area contributed by atoms with E-state index in [1.54, 1.807) is 35.4 Å². The quantitative estimate of drug-likeness (QED) is 0.827. The highest BCUT2D eigenvalue weighted by atomic mass is 32.2. The second-order valence-electron chi connectivity index (χ2n) is 5.23. The number of nitrogens with zero attached hydrogens (tertiary/aromatic N) is 2. The number of thiazole rings is 1. The van der Waals surface area contributed by atoms with Crippen LogP contribution in [0.15, 0.2) is 52.5 Å². The molecular weight excluding hydrogens is 364 g/mol.